The van der Waals surface area contributed by atoms with Crippen molar-refractivity contribution in [3.8, 4) is 0 Å². The number of nitrogens with one attached hydrogen (secondary N) is 1. The molecule has 0 saturated heterocycles. The minimum Gasteiger partial charge on any atom is -0.394 e. The van der Waals surface area contributed by atoms with E-state index in [-0.39, 0.29) is 24.1 Å². The SMILES string of the molecule is CC(CO)N(C)C(=O)NCc1nc(C(C)(C)C)cs1. The molecule has 5 nitrogen and oxygen atoms in total. The molecule has 0 saturated carbocycles. The zero-order valence-electron chi connectivity index (χ0n) is 12.2. The van der Waals surface area contributed by atoms with Crippen LogP contribution < -0.4 is 5.32 Å². The highest BCUT2D eigenvalue weighted by Gasteiger charge is 2.18. The highest BCUT2D eigenvalue weighted by Crippen LogP contribution is 2.23. The van der Waals surface area contributed by atoms with Crippen molar-refractivity contribution in [2.24, 2.45) is 0 Å². The lowest BCUT2D eigenvalue weighted by atomic mass is 9.93. The number of aromatic nitrogens is 1. The first kappa shape index (κ1) is 15.9. The Hall–Kier alpha value is -1.14. The maximum atomic E-state index is 11.8. The molecule has 1 rings (SSSR count). The number of hydrogen-bond donors (Lipinski definition) is 2. The lowest BCUT2D eigenvalue weighted by molar-refractivity contribution is 0.157. The van der Waals surface area contributed by atoms with Crippen LogP contribution in [0.1, 0.15) is 38.4 Å². The van der Waals surface area contributed by atoms with E-state index in [1.165, 1.54) is 4.90 Å². The van der Waals surface area contributed by atoms with Crippen molar-refractivity contribution in [2.75, 3.05) is 13.7 Å². The second-order valence-electron chi connectivity index (χ2n) is 5.68. The summed E-state index contributed by atoms with van der Waals surface area (Å²) in [4.78, 5) is 17.8. The van der Waals surface area contributed by atoms with Gasteiger partial charge in [0.15, 0.2) is 0 Å². The molecule has 19 heavy (non-hydrogen) atoms. The molecule has 2 amide bonds. The van der Waals surface area contributed by atoms with E-state index in [2.05, 4.69) is 31.1 Å². The van der Waals surface area contributed by atoms with Gasteiger partial charge >= 0.3 is 6.03 Å². The number of aliphatic hydroxyl groups excluding tert-OH is 1. The Morgan fingerprint density at radius 3 is 2.68 bits per heavy atom. The Kier molecular flexibility index (Phi) is 5.31. The number of hydrogen-bond acceptors (Lipinski definition) is 4. The van der Waals surface area contributed by atoms with E-state index in [9.17, 15) is 4.79 Å². The topological polar surface area (TPSA) is 65.5 Å². The van der Waals surface area contributed by atoms with Gasteiger partial charge in [-0.15, -0.1) is 11.3 Å². The Labute approximate surface area is 118 Å². The normalized spacial score (nSPS) is 13.2. The smallest absolute Gasteiger partial charge is 0.317 e. The van der Waals surface area contributed by atoms with Gasteiger partial charge in [-0.05, 0) is 6.92 Å². The fraction of sp³-hybridized carbons (Fsp3) is 0.692. The van der Waals surface area contributed by atoms with Crippen molar-refractivity contribution < 1.29 is 9.90 Å². The molecule has 6 heteroatoms. The van der Waals surface area contributed by atoms with E-state index in [0.717, 1.165) is 10.7 Å². The van der Waals surface area contributed by atoms with E-state index in [0.29, 0.717) is 6.54 Å². The monoisotopic (exact) mass is 285 g/mol. The number of rotatable bonds is 4. The largest absolute Gasteiger partial charge is 0.394 e. The van der Waals surface area contributed by atoms with E-state index in [1.54, 1.807) is 25.3 Å². The summed E-state index contributed by atoms with van der Waals surface area (Å²) in [6.45, 7) is 8.50. The lowest BCUT2D eigenvalue weighted by Gasteiger charge is -2.23. The summed E-state index contributed by atoms with van der Waals surface area (Å²) in [5.74, 6) is 0. The Balaban J connectivity index is 2.53. The fourth-order valence-electron chi connectivity index (χ4n) is 1.34. The van der Waals surface area contributed by atoms with E-state index >= 15 is 0 Å². The van der Waals surface area contributed by atoms with Crippen LogP contribution in [0.2, 0.25) is 0 Å². The van der Waals surface area contributed by atoms with Gasteiger partial charge in [0.25, 0.3) is 0 Å². The molecule has 0 aromatic carbocycles. The molecule has 108 valence electrons. The molecule has 0 fully saturated rings. The first-order valence-electron chi connectivity index (χ1n) is 6.32. The highest BCUT2D eigenvalue weighted by atomic mass is 32.1. The lowest BCUT2D eigenvalue weighted by Crippen LogP contribution is -2.43. The van der Waals surface area contributed by atoms with Gasteiger partial charge in [0.2, 0.25) is 0 Å². The third-order valence-electron chi connectivity index (χ3n) is 2.96. The third-order valence-corrected chi connectivity index (χ3v) is 3.81. The van der Waals surface area contributed by atoms with E-state index in [1.807, 2.05) is 5.38 Å². The van der Waals surface area contributed by atoms with Crippen molar-refractivity contribution in [3.63, 3.8) is 0 Å². The van der Waals surface area contributed by atoms with Crippen LogP contribution in [0.5, 0.6) is 0 Å². The summed E-state index contributed by atoms with van der Waals surface area (Å²) in [5, 5.41) is 14.7. The van der Waals surface area contributed by atoms with E-state index < -0.39 is 0 Å². The van der Waals surface area contributed by atoms with Gasteiger partial charge in [-0.3, -0.25) is 0 Å². The zero-order chi connectivity index (χ0) is 14.6. The number of carbonyl (C=O) groups is 1. The van der Waals surface area contributed by atoms with Crippen molar-refractivity contribution in [1.29, 1.82) is 0 Å². The average Bonchev–Trinajstić information content (AvgIpc) is 2.82. The average molecular weight is 285 g/mol. The molecule has 1 heterocycles. The number of amides is 2. The number of urea groups is 1. The number of likely N-dealkylation sites (N-methyl/N-ethyl adjacent to an activating group) is 1. The van der Waals surface area contributed by atoms with Crippen LogP contribution in [0.15, 0.2) is 5.38 Å². The molecule has 1 aromatic heterocycles. The maximum Gasteiger partial charge on any atom is 0.317 e. The second-order valence-corrected chi connectivity index (χ2v) is 6.62. The Morgan fingerprint density at radius 2 is 2.21 bits per heavy atom. The summed E-state index contributed by atoms with van der Waals surface area (Å²) < 4.78 is 0. The van der Waals surface area contributed by atoms with Crippen LogP contribution in [0.4, 0.5) is 4.79 Å². The van der Waals surface area contributed by atoms with Gasteiger partial charge in [-0.2, -0.15) is 0 Å². The minimum absolute atomic E-state index is 0.0287. The van der Waals surface area contributed by atoms with Gasteiger partial charge < -0.3 is 15.3 Å². The van der Waals surface area contributed by atoms with E-state index in [4.69, 9.17) is 5.11 Å². The van der Waals surface area contributed by atoms with Crippen LogP contribution >= 0.6 is 11.3 Å². The predicted octanol–water partition coefficient (Wildman–Crippen LogP) is 1.96. The zero-order valence-corrected chi connectivity index (χ0v) is 13.0. The number of nitrogens with zero attached hydrogens (tertiary/aromatic N) is 2. The number of aliphatic hydroxyl groups is 1. The highest BCUT2D eigenvalue weighted by molar-refractivity contribution is 7.09. The van der Waals surface area contributed by atoms with Gasteiger partial charge in [0, 0.05) is 17.8 Å². The van der Waals surface area contributed by atoms with Crippen LogP contribution in [0.25, 0.3) is 0 Å². The van der Waals surface area contributed by atoms with Crippen LogP contribution in [-0.4, -0.2) is 40.7 Å². The van der Waals surface area contributed by atoms with Crippen molar-refractivity contribution in [3.05, 3.63) is 16.1 Å². The van der Waals surface area contributed by atoms with Gasteiger partial charge in [-0.25, -0.2) is 9.78 Å². The quantitative estimate of drug-likeness (QED) is 0.889. The summed E-state index contributed by atoms with van der Waals surface area (Å²) >= 11 is 1.55. The first-order chi connectivity index (χ1) is 8.75. The molecule has 2 N–H and O–H groups in total. The molecule has 1 unspecified atom stereocenters. The third kappa shape index (κ3) is 4.47. The summed E-state index contributed by atoms with van der Waals surface area (Å²) in [5.41, 5.74) is 1.07. The molecule has 1 atom stereocenters. The Bertz CT molecular complexity index is 426. The molecular formula is C13H23N3O2S. The number of carbonyl (C=O) groups excluding carboxylic acids is 1. The molecule has 0 bridgehead atoms. The first-order valence-corrected chi connectivity index (χ1v) is 7.20. The molecular weight excluding hydrogens is 262 g/mol. The molecule has 0 aliphatic carbocycles. The van der Waals surface area contributed by atoms with Crippen LogP contribution in [0, 0.1) is 0 Å². The molecule has 0 spiro atoms. The number of thiazole rings is 1. The summed E-state index contributed by atoms with van der Waals surface area (Å²) in [7, 11) is 1.67. The standard InChI is InChI=1S/C13H23N3O2S/c1-9(7-17)16(5)12(18)14-6-11-15-10(8-19-11)13(2,3)4/h8-9,17H,6-7H2,1-5H3,(H,14,18). The van der Waals surface area contributed by atoms with Crippen LogP contribution in [-0.2, 0) is 12.0 Å². The van der Waals surface area contributed by atoms with Gasteiger partial charge in [-0.1, -0.05) is 20.8 Å². The summed E-state index contributed by atoms with van der Waals surface area (Å²) in [6, 6.07) is -0.393. The van der Waals surface area contributed by atoms with Crippen LogP contribution in [0.3, 0.4) is 0 Å². The minimum atomic E-state index is -0.200. The second kappa shape index (κ2) is 6.34. The Morgan fingerprint density at radius 1 is 1.58 bits per heavy atom. The molecule has 0 aliphatic rings. The summed E-state index contributed by atoms with van der Waals surface area (Å²) in [6.07, 6.45) is 0. The van der Waals surface area contributed by atoms with Gasteiger partial charge in [0.1, 0.15) is 5.01 Å². The van der Waals surface area contributed by atoms with Crippen molar-refractivity contribution >= 4 is 17.4 Å². The molecule has 0 aliphatic heterocycles. The van der Waals surface area contributed by atoms with Crippen molar-refractivity contribution in [2.45, 2.75) is 45.7 Å². The van der Waals surface area contributed by atoms with Crippen molar-refractivity contribution in [1.82, 2.24) is 15.2 Å². The predicted molar refractivity (Wildman–Crippen MR) is 77.4 cm³/mol. The van der Waals surface area contributed by atoms with Gasteiger partial charge in [0.05, 0.1) is 24.9 Å². The maximum absolute atomic E-state index is 11.8. The molecule has 0 radical (unpaired) electrons. The molecule has 1 aromatic rings. The fourth-order valence-corrected chi connectivity index (χ4v) is 2.30.